The minimum absolute atomic E-state index is 0.204. The fourth-order valence-electron chi connectivity index (χ4n) is 1.84. The number of hydrogen-bond donors (Lipinski definition) is 0. The van der Waals surface area contributed by atoms with E-state index in [2.05, 4.69) is 4.98 Å². The Kier molecular flexibility index (Phi) is 4.42. The Hall–Kier alpha value is -3.00. The second-order valence-electron chi connectivity index (χ2n) is 4.27. The summed E-state index contributed by atoms with van der Waals surface area (Å²) in [5, 5.41) is 8.71. The lowest BCUT2D eigenvalue weighted by Crippen LogP contribution is -2.10. The molecule has 0 aliphatic rings. The van der Waals surface area contributed by atoms with Gasteiger partial charge in [0.05, 0.1) is 30.7 Å². The van der Waals surface area contributed by atoms with Crippen LogP contribution >= 0.6 is 0 Å². The van der Waals surface area contributed by atoms with Crippen molar-refractivity contribution in [1.82, 2.24) is 4.98 Å². The van der Waals surface area contributed by atoms with E-state index < -0.39 is 0 Å². The first-order chi connectivity index (χ1) is 10.2. The molecule has 0 spiro atoms. The van der Waals surface area contributed by atoms with Crippen molar-refractivity contribution < 1.29 is 14.3 Å². The van der Waals surface area contributed by atoms with Gasteiger partial charge in [-0.1, -0.05) is 12.1 Å². The summed E-state index contributed by atoms with van der Waals surface area (Å²) in [6.45, 7) is 0. The van der Waals surface area contributed by atoms with Gasteiger partial charge in [-0.05, 0) is 24.3 Å². The normalized spacial score (nSPS) is 9.71. The van der Waals surface area contributed by atoms with Gasteiger partial charge >= 0.3 is 0 Å². The third kappa shape index (κ3) is 3.31. The van der Waals surface area contributed by atoms with Crippen molar-refractivity contribution >= 4 is 11.6 Å². The molecule has 0 amide bonds. The number of Topliss-reactive ketones (excluding diaryl/α,β-unsaturated/α-hetero) is 2. The van der Waals surface area contributed by atoms with Crippen molar-refractivity contribution in [3.63, 3.8) is 0 Å². The molecule has 0 N–H and O–H groups in total. The number of rotatable bonds is 5. The Morgan fingerprint density at radius 1 is 1.19 bits per heavy atom. The molecule has 2 rings (SSSR count). The van der Waals surface area contributed by atoms with Gasteiger partial charge in [0, 0.05) is 11.8 Å². The van der Waals surface area contributed by atoms with E-state index in [1.165, 1.54) is 25.4 Å². The van der Waals surface area contributed by atoms with Crippen LogP contribution in [-0.2, 0) is 0 Å². The number of benzene rings is 1. The van der Waals surface area contributed by atoms with E-state index in [-0.39, 0.29) is 29.4 Å². The molecule has 5 nitrogen and oxygen atoms in total. The van der Waals surface area contributed by atoms with Crippen LogP contribution in [0.1, 0.15) is 32.7 Å². The van der Waals surface area contributed by atoms with Gasteiger partial charge < -0.3 is 4.74 Å². The molecule has 21 heavy (non-hydrogen) atoms. The van der Waals surface area contributed by atoms with Crippen molar-refractivity contribution in [2.75, 3.05) is 7.11 Å². The van der Waals surface area contributed by atoms with Crippen LogP contribution in [0.4, 0.5) is 0 Å². The zero-order valence-corrected chi connectivity index (χ0v) is 11.4. The van der Waals surface area contributed by atoms with Crippen molar-refractivity contribution in [1.29, 1.82) is 5.26 Å². The lowest BCUT2D eigenvalue weighted by atomic mass is 10.0. The van der Waals surface area contributed by atoms with E-state index >= 15 is 0 Å². The molecular formula is C16H12N2O3. The highest BCUT2D eigenvalue weighted by Crippen LogP contribution is 2.17. The third-order valence-electron chi connectivity index (χ3n) is 2.92. The fourth-order valence-corrected chi connectivity index (χ4v) is 1.84. The minimum atomic E-state index is -0.352. The number of nitriles is 1. The average molecular weight is 280 g/mol. The molecule has 1 aromatic heterocycles. The zero-order valence-electron chi connectivity index (χ0n) is 11.4. The van der Waals surface area contributed by atoms with E-state index in [4.69, 9.17) is 10.00 Å². The quantitative estimate of drug-likeness (QED) is 0.620. The lowest BCUT2D eigenvalue weighted by Gasteiger charge is -2.05. The Bertz CT molecular complexity index is 715. The molecular weight excluding hydrogens is 268 g/mol. The van der Waals surface area contributed by atoms with Crippen molar-refractivity contribution in [3.8, 4) is 11.9 Å². The Balaban J connectivity index is 2.15. The highest BCUT2D eigenvalue weighted by atomic mass is 16.5. The van der Waals surface area contributed by atoms with Crippen LogP contribution < -0.4 is 4.74 Å². The molecule has 1 aromatic carbocycles. The van der Waals surface area contributed by atoms with Gasteiger partial charge in [0.15, 0.2) is 11.6 Å². The van der Waals surface area contributed by atoms with E-state index in [1.807, 2.05) is 6.07 Å². The highest BCUT2D eigenvalue weighted by molar-refractivity contribution is 6.14. The van der Waals surface area contributed by atoms with Crippen LogP contribution in [0.5, 0.6) is 5.88 Å². The molecule has 0 radical (unpaired) electrons. The predicted molar refractivity (Wildman–Crippen MR) is 75.2 cm³/mol. The van der Waals surface area contributed by atoms with E-state index in [0.29, 0.717) is 11.1 Å². The molecule has 0 saturated heterocycles. The molecule has 0 atom stereocenters. The van der Waals surface area contributed by atoms with Crippen LogP contribution in [-0.4, -0.2) is 23.7 Å². The fraction of sp³-hybridized carbons (Fsp3) is 0.125. The summed E-state index contributed by atoms with van der Waals surface area (Å²) in [7, 11) is 1.42. The molecule has 0 bridgehead atoms. The van der Waals surface area contributed by atoms with Gasteiger partial charge in [0.25, 0.3) is 0 Å². The third-order valence-corrected chi connectivity index (χ3v) is 2.92. The topological polar surface area (TPSA) is 80.0 Å². The second-order valence-corrected chi connectivity index (χ2v) is 4.27. The Morgan fingerprint density at radius 2 is 1.90 bits per heavy atom. The maximum Gasteiger partial charge on any atom is 0.224 e. The summed E-state index contributed by atoms with van der Waals surface area (Å²) in [6.07, 6.45) is 1.24. The molecule has 0 saturated carbocycles. The molecule has 0 aliphatic carbocycles. The van der Waals surface area contributed by atoms with Crippen molar-refractivity contribution in [2.24, 2.45) is 0 Å². The van der Waals surface area contributed by atoms with E-state index in [1.54, 1.807) is 24.3 Å². The summed E-state index contributed by atoms with van der Waals surface area (Å²) >= 11 is 0. The smallest absolute Gasteiger partial charge is 0.224 e. The number of ether oxygens (including phenoxy) is 1. The first-order valence-electron chi connectivity index (χ1n) is 6.21. The average Bonchev–Trinajstić information content (AvgIpc) is 2.54. The van der Waals surface area contributed by atoms with Gasteiger partial charge in [-0.15, -0.1) is 0 Å². The largest absolute Gasteiger partial charge is 0.480 e. The highest BCUT2D eigenvalue weighted by Gasteiger charge is 2.17. The van der Waals surface area contributed by atoms with E-state index in [9.17, 15) is 9.59 Å². The number of methoxy groups -OCH3 is 1. The maximum atomic E-state index is 12.1. The van der Waals surface area contributed by atoms with Gasteiger partial charge in [0.2, 0.25) is 5.88 Å². The number of carbonyl (C=O) groups is 2. The van der Waals surface area contributed by atoms with Gasteiger partial charge in [-0.25, -0.2) is 4.98 Å². The molecule has 0 fully saturated rings. The van der Waals surface area contributed by atoms with Crippen molar-refractivity contribution in [3.05, 3.63) is 59.3 Å². The Labute approximate surface area is 121 Å². The number of pyridine rings is 1. The molecule has 1 heterocycles. The maximum absolute atomic E-state index is 12.1. The minimum Gasteiger partial charge on any atom is -0.480 e. The van der Waals surface area contributed by atoms with Crippen LogP contribution in [0.2, 0.25) is 0 Å². The van der Waals surface area contributed by atoms with Gasteiger partial charge in [-0.2, -0.15) is 5.26 Å². The van der Waals surface area contributed by atoms with Gasteiger partial charge in [0.1, 0.15) is 0 Å². The van der Waals surface area contributed by atoms with Crippen LogP contribution in [0.15, 0.2) is 42.6 Å². The summed E-state index contributed by atoms with van der Waals surface area (Å²) in [4.78, 5) is 28.1. The SMILES string of the molecule is COc1ncccc1C(=O)CC(=O)c1ccc(C#N)cc1. The van der Waals surface area contributed by atoms with Crippen LogP contribution in [0.25, 0.3) is 0 Å². The number of nitrogens with zero attached hydrogens (tertiary/aromatic N) is 2. The molecule has 0 aliphatic heterocycles. The standard InChI is InChI=1S/C16H12N2O3/c1-21-16-13(3-2-8-18-16)15(20)9-14(19)12-6-4-11(10-17)5-7-12/h2-8H,9H2,1H3. The summed E-state index contributed by atoms with van der Waals surface area (Å²) in [5.74, 6) is -0.458. The van der Waals surface area contributed by atoms with E-state index in [0.717, 1.165) is 0 Å². The van der Waals surface area contributed by atoms with Crippen LogP contribution in [0, 0.1) is 11.3 Å². The van der Waals surface area contributed by atoms with Gasteiger partial charge in [-0.3, -0.25) is 9.59 Å². The number of hydrogen-bond acceptors (Lipinski definition) is 5. The molecule has 104 valence electrons. The zero-order chi connectivity index (χ0) is 15.2. The summed E-state index contributed by atoms with van der Waals surface area (Å²) in [6, 6.07) is 11.3. The summed E-state index contributed by atoms with van der Waals surface area (Å²) in [5.41, 5.74) is 1.14. The second kappa shape index (κ2) is 6.44. The molecule has 0 unspecified atom stereocenters. The predicted octanol–water partition coefficient (Wildman–Crippen LogP) is 2.42. The van der Waals surface area contributed by atoms with Crippen LogP contribution in [0.3, 0.4) is 0 Å². The summed E-state index contributed by atoms with van der Waals surface area (Å²) < 4.78 is 5.00. The Morgan fingerprint density at radius 3 is 2.52 bits per heavy atom. The number of aromatic nitrogens is 1. The number of ketones is 2. The lowest BCUT2D eigenvalue weighted by molar-refractivity contribution is 0.0892. The molecule has 5 heteroatoms. The van der Waals surface area contributed by atoms with Crippen molar-refractivity contribution in [2.45, 2.75) is 6.42 Å². The number of carbonyl (C=O) groups excluding carboxylic acids is 2. The first kappa shape index (κ1) is 14.4. The monoisotopic (exact) mass is 280 g/mol. The first-order valence-corrected chi connectivity index (χ1v) is 6.21. The molecule has 2 aromatic rings.